The smallest absolute Gasteiger partial charge is 0.258 e. The van der Waals surface area contributed by atoms with E-state index < -0.39 is 5.91 Å². The summed E-state index contributed by atoms with van der Waals surface area (Å²) in [6.07, 6.45) is 1.42. The molecule has 2 aromatic heterocycles. The molecule has 0 aliphatic rings. The maximum absolute atomic E-state index is 12.2. The highest BCUT2D eigenvalue weighted by Gasteiger charge is 2.13. The molecular formula is C24H22N4O3S. The third kappa shape index (κ3) is 4.92. The van der Waals surface area contributed by atoms with Crippen LogP contribution in [0.2, 0.25) is 0 Å². The first-order valence-electron chi connectivity index (χ1n) is 10.1. The normalized spacial score (nSPS) is 10.7. The predicted octanol–water partition coefficient (Wildman–Crippen LogP) is 4.11. The first kappa shape index (κ1) is 21.5. The molecule has 0 unspecified atom stereocenters. The van der Waals surface area contributed by atoms with Crippen molar-refractivity contribution >= 4 is 39.1 Å². The second-order valence-corrected chi connectivity index (χ2v) is 8.27. The molecule has 0 aliphatic carbocycles. The van der Waals surface area contributed by atoms with Crippen LogP contribution in [-0.4, -0.2) is 34.9 Å². The molecule has 2 aromatic carbocycles. The van der Waals surface area contributed by atoms with Gasteiger partial charge in [0.15, 0.2) is 6.61 Å². The van der Waals surface area contributed by atoms with E-state index in [1.165, 1.54) is 17.7 Å². The van der Waals surface area contributed by atoms with Gasteiger partial charge in [-0.25, -0.2) is 9.97 Å². The molecule has 7 nitrogen and oxygen atoms in total. The van der Waals surface area contributed by atoms with Crippen LogP contribution in [0.15, 0.2) is 60.9 Å². The molecule has 0 bridgehead atoms. The van der Waals surface area contributed by atoms with Crippen molar-refractivity contribution < 1.29 is 14.3 Å². The number of rotatable bonds is 7. The van der Waals surface area contributed by atoms with Crippen molar-refractivity contribution in [2.45, 2.75) is 13.8 Å². The summed E-state index contributed by atoms with van der Waals surface area (Å²) in [5.74, 6) is -0.378. The summed E-state index contributed by atoms with van der Waals surface area (Å²) in [5, 5.41) is 6.13. The quantitative estimate of drug-likeness (QED) is 0.446. The number of ether oxygens (including phenoxy) is 1. The van der Waals surface area contributed by atoms with Gasteiger partial charge >= 0.3 is 0 Å². The number of anilines is 1. The molecule has 8 heteroatoms. The Bertz CT molecular complexity index is 1270. The molecular weight excluding hydrogens is 424 g/mol. The van der Waals surface area contributed by atoms with E-state index in [1.54, 1.807) is 0 Å². The van der Waals surface area contributed by atoms with Gasteiger partial charge in [-0.1, -0.05) is 42.5 Å². The molecule has 0 aliphatic heterocycles. The van der Waals surface area contributed by atoms with Crippen LogP contribution in [0.5, 0.6) is 5.88 Å². The highest BCUT2D eigenvalue weighted by Crippen LogP contribution is 2.35. The van der Waals surface area contributed by atoms with Crippen LogP contribution in [0.3, 0.4) is 0 Å². The number of aryl methyl sites for hydroxylation is 1. The minimum atomic E-state index is -0.411. The van der Waals surface area contributed by atoms with E-state index in [0.29, 0.717) is 5.88 Å². The van der Waals surface area contributed by atoms with E-state index in [0.717, 1.165) is 37.5 Å². The minimum Gasteiger partial charge on any atom is -0.467 e. The number of thiophene rings is 1. The number of carbonyl (C=O) groups excluding carboxylic acids is 2. The molecule has 0 fully saturated rings. The molecule has 0 saturated heterocycles. The zero-order valence-corrected chi connectivity index (χ0v) is 18.5. The van der Waals surface area contributed by atoms with Crippen molar-refractivity contribution in [3.63, 3.8) is 0 Å². The number of nitrogens with zero attached hydrogens (tertiary/aromatic N) is 2. The number of carbonyl (C=O) groups is 2. The average Bonchev–Trinajstić information content (AvgIpc) is 3.25. The topological polar surface area (TPSA) is 93.2 Å². The minimum absolute atomic E-state index is 0.147. The van der Waals surface area contributed by atoms with Gasteiger partial charge in [-0.15, -0.1) is 11.3 Å². The molecule has 0 atom stereocenters. The van der Waals surface area contributed by atoms with Gasteiger partial charge in [0.1, 0.15) is 11.2 Å². The second kappa shape index (κ2) is 9.57. The number of hydrogen-bond acceptors (Lipinski definition) is 6. The number of hydrogen-bond donors (Lipinski definition) is 2. The lowest BCUT2D eigenvalue weighted by atomic mass is 10.1. The Kier molecular flexibility index (Phi) is 6.42. The first-order chi connectivity index (χ1) is 15.5. The molecule has 2 amide bonds. The fourth-order valence-corrected chi connectivity index (χ4v) is 4.13. The molecule has 0 spiro atoms. The molecule has 4 aromatic rings. The maximum Gasteiger partial charge on any atom is 0.258 e. The molecule has 4 rings (SSSR count). The second-order valence-electron chi connectivity index (χ2n) is 7.24. The number of aromatic nitrogens is 2. The van der Waals surface area contributed by atoms with Crippen molar-refractivity contribution in [1.82, 2.24) is 15.3 Å². The number of amides is 2. The Morgan fingerprint density at radius 2 is 1.81 bits per heavy atom. The summed E-state index contributed by atoms with van der Waals surface area (Å²) in [5.41, 5.74) is 3.89. The van der Waals surface area contributed by atoms with Crippen molar-refractivity contribution in [1.29, 1.82) is 0 Å². The van der Waals surface area contributed by atoms with Gasteiger partial charge in [-0.05, 0) is 42.7 Å². The van der Waals surface area contributed by atoms with Gasteiger partial charge in [0.2, 0.25) is 11.8 Å². The van der Waals surface area contributed by atoms with E-state index in [1.807, 2.05) is 68.4 Å². The summed E-state index contributed by atoms with van der Waals surface area (Å²) in [7, 11) is 0. The lowest BCUT2D eigenvalue weighted by molar-refractivity contribution is -0.125. The maximum atomic E-state index is 12.2. The van der Waals surface area contributed by atoms with Crippen LogP contribution >= 0.6 is 11.3 Å². The van der Waals surface area contributed by atoms with E-state index in [2.05, 4.69) is 20.6 Å². The Morgan fingerprint density at radius 1 is 1.00 bits per heavy atom. The summed E-state index contributed by atoms with van der Waals surface area (Å²) in [4.78, 5) is 34.7. The van der Waals surface area contributed by atoms with Gasteiger partial charge in [-0.3, -0.25) is 9.59 Å². The molecule has 162 valence electrons. The van der Waals surface area contributed by atoms with Crippen LogP contribution in [0.4, 0.5) is 5.69 Å². The molecule has 32 heavy (non-hydrogen) atoms. The van der Waals surface area contributed by atoms with Crippen molar-refractivity contribution in [3.05, 3.63) is 72.1 Å². The monoisotopic (exact) mass is 446 g/mol. The number of fused-ring (bicyclic) bond motifs is 1. The van der Waals surface area contributed by atoms with Gasteiger partial charge in [-0.2, -0.15) is 0 Å². The van der Waals surface area contributed by atoms with Crippen molar-refractivity contribution in [2.24, 2.45) is 0 Å². The number of nitrogens with one attached hydrogen (secondary N) is 2. The Labute approximate surface area is 189 Å². The van der Waals surface area contributed by atoms with Gasteiger partial charge in [0.25, 0.3) is 5.91 Å². The van der Waals surface area contributed by atoms with Crippen LogP contribution in [-0.2, 0) is 9.59 Å². The molecule has 0 saturated carbocycles. The Morgan fingerprint density at radius 3 is 2.62 bits per heavy atom. The van der Waals surface area contributed by atoms with Gasteiger partial charge in [0.05, 0.1) is 11.9 Å². The largest absolute Gasteiger partial charge is 0.467 e. The average molecular weight is 447 g/mol. The van der Waals surface area contributed by atoms with E-state index in [-0.39, 0.29) is 19.1 Å². The van der Waals surface area contributed by atoms with E-state index in [9.17, 15) is 9.59 Å². The van der Waals surface area contributed by atoms with Gasteiger partial charge in [0, 0.05) is 10.6 Å². The lowest BCUT2D eigenvalue weighted by Crippen LogP contribution is -2.36. The molecule has 0 radical (unpaired) electrons. The molecule has 2 N–H and O–H groups in total. The Hall–Kier alpha value is -3.78. The third-order valence-electron chi connectivity index (χ3n) is 5.02. The highest BCUT2D eigenvalue weighted by atomic mass is 32.1. The fraction of sp³-hybridized carbons (Fsp3) is 0.167. The summed E-state index contributed by atoms with van der Waals surface area (Å²) in [6.45, 7) is 3.52. The van der Waals surface area contributed by atoms with Crippen LogP contribution in [0.25, 0.3) is 20.7 Å². The highest BCUT2D eigenvalue weighted by molar-refractivity contribution is 7.21. The zero-order chi connectivity index (χ0) is 22.5. The third-order valence-corrected chi connectivity index (χ3v) is 6.11. The van der Waals surface area contributed by atoms with Crippen molar-refractivity contribution in [3.8, 4) is 16.3 Å². The Balaban J connectivity index is 1.34. The fourth-order valence-electron chi connectivity index (χ4n) is 3.14. The van der Waals surface area contributed by atoms with Crippen LogP contribution < -0.4 is 15.4 Å². The van der Waals surface area contributed by atoms with E-state index in [4.69, 9.17) is 4.74 Å². The number of benzene rings is 2. The van der Waals surface area contributed by atoms with Crippen LogP contribution in [0, 0.1) is 13.8 Å². The summed E-state index contributed by atoms with van der Waals surface area (Å²) >= 11 is 1.53. The standard InChI is InChI=1S/C24H22N4O3S/c1-15-7-6-10-19(16(15)2)28-21(29)12-25-22(30)13-31-23-18-11-20(17-8-4-3-5-9-17)32-24(18)27-14-26-23/h3-11,14H,12-13H2,1-2H3,(H,25,30)(H,28,29). The summed E-state index contributed by atoms with van der Waals surface area (Å²) < 4.78 is 5.63. The summed E-state index contributed by atoms with van der Waals surface area (Å²) in [6, 6.07) is 17.6. The van der Waals surface area contributed by atoms with E-state index >= 15 is 0 Å². The van der Waals surface area contributed by atoms with Crippen LogP contribution in [0.1, 0.15) is 11.1 Å². The zero-order valence-electron chi connectivity index (χ0n) is 17.7. The lowest BCUT2D eigenvalue weighted by Gasteiger charge is -2.11. The molecule has 2 heterocycles. The predicted molar refractivity (Wildman–Crippen MR) is 126 cm³/mol. The first-order valence-corrected chi connectivity index (χ1v) is 10.9. The van der Waals surface area contributed by atoms with Crippen molar-refractivity contribution in [2.75, 3.05) is 18.5 Å². The SMILES string of the molecule is Cc1cccc(NC(=O)CNC(=O)COc2ncnc3sc(-c4ccccc4)cc23)c1C. The van der Waals surface area contributed by atoms with Gasteiger partial charge < -0.3 is 15.4 Å².